The first-order chi connectivity index (χ1) is 12.4. The Balaban J connectivity index is 1.86. The first-order valence-electron chi connectivity index (χ1n) is 8.44. The SMILES string of the molecule is CC1(C)OCC(C(=O)Nc2cccc(-c3ccccc3)c2C(N)=O)CO1. The van der Waals surface area contributed by atoms with Crippen molar-refractivity contribution in [1.29, 1.82) is 0 Å². The fourth-order valence-corrected chi connectivity index (χ4v) is 2.86. The van der Waals surface area contributed by atoms with E-state index < -0.39 is 17.6 Å². The molecule has 1 aliphatic rings. The molecule has 1 saturated heterocycles. The van der Waals surface area contributed by atoms with Gasteiger partial charge in [-0.2, -0.15) is 0 Å². The van der Waals surface area contributed by atoms with Crippen LogP contribution in [-0.4, -0.2) is 30.8 Å². The molecule has 0 bridgehead atoms. The summed E-state index contributed by atoms with van der Waals surface area (Å²) in [5, 5.41) is 2.80. The molecule has 0 radical (unpaired) electrons. The maximum atomic E-state index is 12.6. The number of ether oxygens (including phenoxy) is 2. The van der Waals surface area contributed by atoms with Gasteiger partial charge in [0.2, 0.25) is 5.91 Å². The molecule has 2 amide bonds. The van der Waals surface area contributed by atoms with Crippen LogP contribution >= 0.6 is 0 Å². The molecule has 1 fully saturated rings. The lowest BCUT2D eigenvalue weighted by molar-refractivity contribution is -0.258. The summed E-state index contributed by atoms with van der Waals surface area (Å²) in [6, 6.07) is 14.7. The van der Waals surface area contributed by atoms with E-state index in [0.29, 0.717) is 11.3 Å². The van der Waals surface area contributed by atoms with E-state index in [9.17, 15) is 9.59 Å². The van der Waals surface area contributed by atoms with Gasteiger partial charge in [-0.25, -0.2) is 0 Å². The maximum absolute atomic E-state index is 12.6. The van der Waals surface area contributed by atoms with Gasteiger partial charge < -0.3 is 20.5 Å². The van der Waals surface area contributed by atoms with E-state index in [0.717, 1.165) is 5.56 Å². The Morgan fingerprint density at radius 1 is 1.04 bits per heavy atom. The molecule has 6 nitrogen and oxygen atoms in total. The monoisotopic (exact) mass is 354 g/mol. The lowest BCUT2D eigenvalue weighted by Gasteiger charge is -2.34. The molecule has 0 aromatic heterocycles. The molecule has 0 atom stereocenters. The number of nitrogens with two attached hydrogens (primary N) is 1. The first kappa shape index (κ1) is 18.1. The van der Waals surface area contributed by atoms with Gasteiger partial charge in [0.15, 0.2) is 5.79 Å². The Hall–Kier alpha value is -2.70. The van der Waals surface area contributed by atoms with Crippen molar-refractivity contribution < 1.29 is 19.1 Å². The third-order valence-corrected chi connectivity index (χ3v) is 4.29. The molecule has 2 aromatic carbocycles. The third kappa shape index (κ3) is 3.92. The van der Waals surface area contributed by atoms with Crippen LogP contribution < -0.4 is 11.1 Å². The number of carbonyl (C=O) groups excluding carboxylic acids is 2. The summed E-state index contributed by atoms with van der Waals surface area (Å²) in [5.41, 5.74) is 7.79. The smallest absolute Gasteiger partial charge is 0.251 e. The zero-order valence-corrected chi connectivity index (χ0v) is 14.8. The van der Waals surface area contributed by atoms with Crippen molar-refractivity contribution in [2.24, 2.45) is 11.7 Å². The van der Waals surface area contributed by atoms with Crippen LogP contribution in [0.5, 0.6) is 0 Å². The number of anilines is 1. The van der Waals surface area contributed by atoms with E-state index in [1.807, 2.05) is 30.3 Å². The maximum Gasteiger partial charge on any atom is 0.251 e. The molecule has 0 aliphatic carbocycles. The molecule has 2 aromatic rings. The molecule has 0 saturated carbocycles. The molecular formula is C20H22N2O4. The minimum Gasteiger partial charge on any atom is -0.366 e. The lowest BCUT2D eigenvalue weighted by atomic mass is 9.97. The largest absolute Gasteiger partial charge is 0.366 e. The quantitative estimate of drug-likeness (QED) is 0.883. The number of rotatable bonds is 4. The zero-order chi connectivity index (χ0) is 18.7. The van der Waals surface area contributed by atoms with Crippen molar-refractivity contribution in [3.63, 3.8) is 0 Å². The molecule has 3 rings (SSSR count). The van der Waals surface area contributed by atoms with Gasteiger partial charge in [-0.15, -0.1) is 0 Å². The number of benzene rings is 2. The topological polar surface area (TPSA) is 90.6 Å². The molecule has 136 valence electrons. The van der Waals surface area contributed by atoms with Gasteiger partial charge in [-0.1, -0.05) is 42.5 Å². The van der Waals surface area contributed by atoms with Gasteiger partial charge in [0.05, 0.1) is 30.4 Å². The fraction of sp³-hybridized carbons (Fsp3) is 0.300. The fourth-order valence-electron chi connectivity index (χ4n) is 2.86. The van der Waals surface area contributed by atoms with E-state index in [1.54, 1.807) is 32.0 Å². The molecule has 3 N–H and O–H groups in total. The standard InChI is InChI=1S/C20H22N2O4/c1-20(2)25-11-14(12-26-20)19(24)22-16-10-6-9-15(17(16)18(21)23)13-7-4-3-5-8-13/h3-10,14H,11-12H2,1-2H3,(H2,21,23)(H,22,24). The summed E-state index contributed by atoms with van der Waals surface area (Å²) in [5.74, 6) is -2.02. The van der Waals surface area contributed by atoms with Gasteiger partial charge in [-0.05, 0) is 31.0 Å². The summed E-state index contributed by atoms with van der Waals surface area (Å²) >= 11 is 0. The van der Waals surface area contributed by atoms with Crippen molar-refractivity contribution in [1.82, 2.24) is 0 Å². The second kappa shape index (κ2) is 7.27. The van der Waals surface area contributed by atoms with Crippen molar-refractivity contribution in [2.45, 2.75) is 19.6 Å². The van der Waals surface area contributed by atoms with Gasteiger partial charge in [-0.3, -0.25) is 9.59 Å². The second-order valence-corrected chi connectivity index (χ2v) is 6.67. The Labute approximate surface area is 152 Å². The van der Waals surface area contributed by atoms with Crippen LogP contribution in [0.3, 0.4) is 0 Å². The summed E-state index contributed by atoms with van der Waals surface area (Å²) in [7, 11) is 0. The Morgan fingerprint density at radius 3 is 2.31 bits per heavy atom. The number of amides is 2. The Bertz CT molecular complexity index is 808. The summed E-state index contributed by atoms with van der Waals surface area (Å²) < 4.78 is 11.1. The van der Waals surface area contributed by atoms with Crippen LogP contribution in [0.15, 0.2) is 48.5 Å². The number of hydrogen-bond donors (Lipinski definition) is 2. The van der Waals surface area contributed by atoms with Crippen molar-refractivity contribution >= 4 is 17.5 Å². The Kier molecular flexibility index (Phi) is 5.06. The van der Waals surface area contributed by atoms with Crippen molar-refractivity contribution in [2.75, 3.05) is 18.5 Å². The summed E-state index contributed by atoms with van der Waals surface area (Å²) in [4.78, 5) is 24.7. The average Bonchev–Trinajstić information content (AvgIpc) is 2.62. The van der Waals surface area contributed by atoms with E-state index in [-0.39, 0.29) is 24.7 Å². The molecule has 1 heterocycles. The lowest BCUT2D eigenvalue weighted by Crippen LogP contribution is -2.43. The molecule has 26 heavy (non-hydrogen) atoms. The summed E-state index contributed by atoms with van der Waals surface area (Å²) in [6.45, 7) is 4.11. The van der Waals surface area contributed by atoms with Crippen LogP contribution in [0.1, 0.15) is 24.2 Å². The second-order valence-electron chi connectivity index (χ2n) is 6.67. The molecule has 1 aliphatic heterocycles. The molecule has 0 unspecified atom stereocenters. The minimum absolute atomic E-state index is 0.253. The molecular weight excluding hydrogens is 332 g/mol. The predicted octanol–water partition coefficient (Wildman–Crippen LogP) is 2.79. The van der Waals surface area contributed by atoms with E-state index >= 15 is 0 Å². The zero-order valence-electron chi connectivity index (χ0n) is 14.8. The normalized spacial score (nSPS) is 16.8. The van der Waals surface area contributed by atoms with Crippen molar-refractivity contribution in [3.05, 3.63) is 54.1 Å². The highest BCUT2D eigenvalue weighted by atomic mass is 16.7. The summed E-state index contributed by atoms with van der Waals surface area (Å²) in [6.07, 6.45) is 0. The predicted molar refractivity (Wildman–Crippen MR) is 98.5 cm³/mol. The highest BCUT2D eigenvalue weighted by molar-refractivity contribution is 6.08. The number of nitrogens with one attached hydrogen (secondary N) is 1. The number of carbonyl (C=O) groups is 2. The van der Waals surface area contributed by atoms with Gasteiger partial charge in [0, 0.05) is 0 Å². The van der Waals surface area contributed by atoms with Gasteiger partial charge in [0.25, 0.3) is 5.91 Å². The van der Waals surface area contributed by atoms with E-state index in [2.05, 4.69) is 5.32 Å². The molecule has 6 heteroatoms. The van der Waals surface area contributed by atoms with Crippen LogP contribution in [0.4, 0.5) is 5.69 Å². The third-order valence-electron chi connectivity index (χ3n) is 4.29. The Morgan fingerprint density at radius 2 is 1.69 bits per heavy atom. The first-order valence-corrected chi connectivity index (χ1v) is 8.44. The van der Waals surface area contributed by atoms with Crippen LogP contribution in [-0.2, 0) is 14.3 Å². The average molecular weight is 354 g/mol. The van der Waals surface area contributed by atoms with Gasteiger partial charge >= 0.3 is 0 Å². The van der Waals surface area contributed by atoms with Gasteiger partial charge in [0.1, 0.15) is 0 Å². The number of primary amides is 1. The number of hydrogen-bond acceptors (Lipinski definition) is 4. The molecule has 0 spiro atoms. The van der Waals surface area contributed by atoms with E-state index in [1.165, 1.54) is 0 Å². The van der Waals surface area contributed by atoms with Crippen LogP contribution in [0.2, 0.25) is 0 Å². The van der Waals surface area contributed by atoms with Crippen molar-refractivity contribution in [3.8, 4) is 11.1 Å². The highest BCUT2D eigenvalue weighted by Gasteiger charge is 2.32. The van der Waals surface area contributed by atoms with Crippen LogP contribution in [0, 0.1) is 5.92 Å². The van der Waals surface area contributed by atoms with Crippen LogP contribution in [0.25, 0.3) is 11.1 Å². The highest BCUT2D eigenvalue weighted by Crippen LogP contribution is 2.30. The minimum atomic E-state index is -0.692. The van der Waals surface area contributed by atoms with E-state index in [4.69, 9.17) is 15.2 Å².